The zero-order chi connectivity index (χ0) is 18.8. The van der Waals surface area contributed by atoms with Crippen molar-refractivity contribution in [1.82, 2.24) is 0 Å². The first-order chi connectivity index (χ1) is 12.4. The molecule has 0 radical (unpaired) electrons. The number of nitrogens with one attached hydrogen (secondary N) is 1. The number of aromatic hydroxyl groups is 1. The van der Waals surface area contributed by atoms with Crippen molar-refractivity contribution in [2.75, 3.05) is 11.9 Å². The molecular formula is C17H15ClN2O5S. The van der Waals surface area contributed by atoms with Crippen molar-refractivity contribution in [3.8, 4) is 5.75 Å². The molecule has 1 aromatic heterocycles. The number of ether oxygens (including phenoxy) is 1. The third-order valence-electron chi connectivity index (χ3n) is 3.93. The van der Waals surface area contributed by atoms with Crippen LogP contribution in [0.5, 0.6) is 5.75 Å². The molecule has 0 atom stereocenters. The van der Waals surface area contributed by atoms with Gasteiger partial charge >= 0.3 is 5.97 Å². The van der Waals surface area contributed by atoms with Crippen LogP contribution in [0.3, 0.4) is 0 Å². The van der Waals surface area contributed by atoms with Crippen molar-refractivity contribution >= 4 is 45.7 Å². The van der Waals surface area contributed by atoms with Crippen LogP contribution >= 0.6 is 22.9 Å². The van der Waals surface area contributed by atoms with Crippen LogP contribution in [0.25, 0.3) is 0 Å². The number of halogens is 1. The van der Waals surface area contributed by atoms with Gasteiger partial charge in [0.05, 0.1) is 5.56 Å². The summed E-state index contributed by atoms with van der Waals surface area (Å²) in [4.78, 5) is 36.8. The van der Waals surface area contributed by atoms with Crippen molar-refractivity contribution < 1.29 is 24.2 Å². The van der Waals surface area contributed by atoms with Crippen LogP contribution in [0.15, 0.2) is 18.2 Å². The number of primary amides is 1. The van der Waals surface area contributed by atoms with Crippen molar-refractivity contribution in [1.29, 1.82) is 0 Å². The van der Waals surface area contributed by atoms with Gasteiger partial charge in [-0.05, 0) is 43.0 Å². The van der Waals surface area contributed by atoms with Gasteiger partial charge in [0, 0.05) is 9.90 Å². The molecule has 26 heavy (non-hydrogen) atoms. The second-order valence-electron chi connectivity index (χ2n) is 5.71. The average Bonchev–Trinajstić information content (AvgIpc) is 3.15. The SMILES string of the molecule is NC(=O)c1c(NC(=O)COC(=O)c2cc(Cl)ccc2O)sc2c1CCC2. The number of carbonyl (C=O) groups excluding carboxylic acids is 3. The molecule has 9 heteroatoms. The van der Waals surface area contributed by atoms with Crippen LogP contribution in [0.4, 0.5) is 5.00 Å². The molecule has 0 spiro atoms. The van der Waals surface area contributed by atoms with E-state index in [-0.39, 0.29) is 16.3 Å². The van der Waals surface area contributed by atoms with Crippen LogP contribution < -0.4 is 11.1 Å². The molecule has 0 fully saturated rings. The second-order valence-corrected chi connectivity index (χ2v) is 7.25. The molecule has 1 aromatic carbocycles. The summed E-state index contributed by atoms with van der Waals surface area (Å²) in [5.74, 6) is -2.39. The van der Waals surface area contributed by atoms with E-state index in [1.54, 1.807) is 0 Å². The summed E-state index contributed by atoms with van der Waals surface area (Å²) in [7, 11) is 0. The van der Waals surface area contributed by atoms with Gasteiger partial charge in [0.25, 0.3) is 11.8 Å². The van der Waals surface area contributed by atoms with Gasteiger partial charge < -0.3 is 20.9 Å². The monoisotopic (exact) mass is 394 g/mol. The number of hydrogen-bond donors (Lipinski definition) is 3. The molecule has 1 aliphatic rings. The van der Waals surface area contributed by atoms with E-state index in [0.717, 1.165) is 29.7 Å². The molecule has 136 valence electrons. The third-order valence-corrected chi connectivity index (χ3v) is 5.38. The number of phenols is 1. The molecule has 2 amide bonds. The number of carbonyl (C=O) groups is 3. The fraction of sp³-hybridized carbons (Fsp3) is 0.235. The van der Waals surface area contributed by atoms with E-state index in [0.29, 0.717) is 10.6 Å². The minimum Gasteiger partial charge on any atom is -0.507 e. The van der Waals surface area contributed by atoms with E-state index >= 15 is 0 Å². The molecule has 3 rings (SSSR count). The van der Waals surface area contributed by atoms with Crippen LogP contribution in [0.1, 0.15) is 37.6 Å². The maximum atomic E-state index is 12.1. The normalized spacial score (nSPS) is 12.5. The number of fused-ring (bicyclic) bond motifs is 1. The maximum Gasteiger partial charge on any atom is 0.342 e. The molecule has 1 heterocycles. The summed E-state index contributed by atoms with van der Waals surface area (Å²) in [6.07, 6.45) is 2.55. The Kier molecular flexibility index (Phi) is 5.15. The number of phenolic OH excluding ortho intramolecular Hbond substituents is 1. The van der Waals surface area contributed by atoms with Gasteiger partial charge in [-0.3, -0.25) is 9.59 Å². The van der Waals surface area contributed by atoms with Crippen molar-refractivity contribution in [2.24, 2.45) is 5.73 Å². The zero-order valence-electron chi connectivity index (χ0n) is 13.5. The fourth-order valence-electron chi connectivity index (χ4n) is 2.80. The average molecular weight is 395 g/mol. The first kappa shape index (κ1) is 18.2. The van der Waals surface area contributed by atoms with Gasteiger partial charge in [-0.2, -0.15) is 0 Å². The highest BCUT2D eigenvalue weighted by Gasteiger charge is 2.26. The first-order valence-electron chi connectivity index (χ1n) is 7.76. The smallest absolute Gasteiger partial charge is 0.342 e. The molecule has 0 saturated carbocycles. The molecule has 0 saturated heterocycles. The van der Waals surface area contributed by atoms with E-state index in [1.165, 1.54) is 29.5 Å². The molecule has 7 nitrogen and oxygen atoms in total. The number of nitrogens with two attached hydrogens (primary N) is 1. The zero-order valence-corrected chi connectivity index (χ0v) is 15.1. The van der Waals surface area contributed by atoms with E-state index in [1.807, 2.05) is 0 Å². The summed E-state index contributed by atoms with van der Waals surface area (Å²) in [6, 6.07) is 3.92. The summed E-state index contributed by atoms with van der Waals surface area (Å²) < 4.78 is 4.89. The molecule has 4 N–H and O–H groups in total. The third kappa shape index (κ3) is 3.66. The Hall–Kier alpha value is -2.58. The lowest BCUT2D eigenvalue weighted by atomic mass is 10.1. The van der Waals surface area contributed by atoms with Gasteiger partial charge in [0.1, 0.15) is 16.3 Å². The standard InChI is InChI=1S/C17H15ClN2O5S/c18-8-4-5-11(21)10(6-8)17(24)25-7-13(22)20-16-14(15(19)23)9-2-1-3-12(9)26-16/h4-6,21H,1-3,7H2,(H2,19,23)(H,20,22). The number of esters is 1. The minimum atomic E-state index is -0.885. The predicted molar refractivity (Wildman–Crippen MR) is 96.9 cm³/mol. The molecular weight excluding hydrogens is 380 g/mol. The molecule has 0 aliphatic heterocycles. The fourth-order valence-corrected chi connectivity index (χ4v) is 4.28. The summed E-state index contributed by atoms with van der Waals surface area (Å²) in [5, 5.41) is 12.8. The van der Waals surface area contributed by atoms with E-state index < -0.39 is 24.4 Å². The largest absolute Gasteiger partial charge is 0.507 e. The molecule has 0 unspecified atom stereocenters. The number of rotatable bonds is 5. The Balaban J connectivity index is 1.66. The summed E-state index contributed by atoms with van der Waals surface area (Å²) in [6.45, 7) is -0.578. The van der Waals surface area contributed by atoms with Gasteiger partial charge in [-0.15, -0.1) is 11.3 Å². The second kappa shape index (κ2) is 7.35. The van der Waals surface area contributed by atoms with Crippen molar-refractivity contribution in [3.05, 3.63) is 44.8 Å². The lowest BCUT2D eigenvalue weighted by Crippen LogP contribution is -2.22. The van der Waals surface area contributed by atoms with E-state index in [9.17, 15) is 19.5 Å². The van der Waals surface area contributed by atoms with Crippen LogP contribution in [0.2, 0.25) is 5.02 Å². The van der Waals surface area contributed by atoms with Crippen LogP contribution in [-0.4, -0.2) is 29.5 Å². The van der Waals surface area contributed by atoms with Crippen LogP contribution in [-0.2, 0) is 22.4 Å². The van der Waals surface area contributed by atoms with Gasteiger partial charge in [0.15, 0.2) is 6.61 Å². The quantitative estimate of drug-likeness (QED) is 0.673. The van der Waals surface area contributed by atoms with Crippen molar-refractivity contribution in [3.63, 3.8) is 0 Å². The minimum absolute atomic E-state index is 0.141. The Morgan fingerprint density at radius 3 is 2.81 bits per heavy atom. The number of benzene rings is 1. The highest BCUT2D eigenvalue weighted by molar-refractivity contribution is 7.17. The van der Waals surface area contributed by atoms with Gasteiger partial charge in [-0.25, -0.2) is 4.79 Å². The Labute approximate surface area is 157 Å². The number of thiophene rings is 1. The lowest BCUT2D eigenvalue weighted by Gasteiger charge is -2.08. The number of hydrogen-bond acceptors (Lipinski definition) is 6. The number of anilines is 1. The van der Waals surface area contributed by atoms with Crippen LogP contribution in [0, 0.1) is 0 Å². The van der Waals surface area contributed by atoms with Gasteiger partial charge in [-0.1, -0.05) is 11.6 Å². The molecule has 2 aromatic rings. The highest BCUT2D eigenvalue weighted by Crippen LogP contribution is 2.38. The summed E-state index contributed by atoms with van der Waals surface area (Å²) in [5.41, 5.74) is 6.50. The Morgan fingerprint density at radius 2 is 2.08 bits per heavy atom. The molecule has 1 aliphatic carbocycles. The number of aryl methyl sites for hydroxylation is 1. The Morgan fingerprint density at radius 1 is 1.31 bits per heavy atom. The van der Waals surface area contributed by atoms with Crippen molar-refractivity contribution in [2.45, 2.75) is 19.3 Å². The first-order valence-corrected chi connectivity index (χ1v) is 8.96. The predicted octanol–water partition coefficient (Wildman–Crippen LogP) is 2.49. The summed E-state index contributed by atoms with van der Waals surface area (Å²) >= 11 is 7.08. The highest BCUT2D eigenvalue weighted by atomic mass is 35.5. The lowest BCUT2D eigenvalue weighted by molar-refractivity contribution is -0.119. The maximum absolute atomic E-state index is 12.1. The number of amides is 2. The van der Waals surface area contributed by atoms with E-state index in [4.69, 9.17) is 22.1 Å². The topological polar surface area (TPSA) is 119 Å². The molecule has 0 bridgehead atoms. The van der Waals surface area contributed by atoms with E-state index in [2.05, 4.69) is 5.32 Å². The van der Waals surface area contributed by atoms with Gasteiger partial charge in [0.2, 0.25) is 0 Å². The Bertz CT molecular complexity index is 909.